The highest BCUT2D eigenvalue weighted by Gasteiger charge is 2.10. The summed E-state index contributed by atoms with van der Waals surface area (Å²) in [7, 11) is 3.99. The van der Waals surface area contributed by atoms with Gasteiger partial charge in [0.1, 0.15) is 5.82 Å². The van der Waals surface area contributed by atoms with Crippen molar-refractivity contribution in [2.24, 2.45) is 0 Å². The van der Waals surface area contributed by atoms with Crippen LogP contribution in [0.25, 0.3) is 0 Å². The van der Waals surface area contributed by atoms with E-state index in [0.717, 1.165) is 18.2 Å². The molecule has 0 aromatic heterocycles. The van der Waals surface area contributed by atoms with Crippen LogP contribution in [0, 0.1) is 5.82 Å². The van der Waals surface area contributed by atoms with Crippen LogP contribution in [-0.4, -0.2) is 24.9 Å². The standard InChI is InChI=1S/C16H18FN3O/c1-20(2)10-11-3-6-13(7-4-11)19-16(21)14-8-5-12(17)9-15(14)18/h3-9H,10,18H2,1-2H3,(H,19,21). The zero-order valence-corrected chi connectivity index (χ0v) is 12.1. The highest BCUT2D eigenvalue weighted by atomic mass is 19.1. The highest BCUT2D eigenvalue weighted by Crippen LogP contribution is 2.17. The Kier molecular flexibility index (Phi) is 4.55. The Balaban J connectivity index is 2.08. The van der Waals surface area contributed by atoms with Crippen LogP contribution in [0.5, 0.6) is 0 Å². The average molecular weight is 287 g/mol. The molecule has 1 amide bonds. The molecule has 21 heavy (non-hydrogen) atoms. The first-order valence-corrected chi connectivity index (χ1v) is 6.56. The van der Waals surface area contributed by atoms with E-state index in [1.165, 1.54) is 12.1 Å². The van der Waals surface area contributed by atoms with E-state index in [2.05, 4.69) is 10.2 Å². The number of amides is 1. The molecule has 0 aliphatic rings. The van der Waals surface area contributed by atoms with Crippen molar-refractivity contribution in [3.8, 4) is 0 Å². The Morgan fingerprint density at radius 2 is 1.86 bits per heavy atom. The third kappa shape index (κ3) is 4.03. The predicted octanol–water partition coefficient (Wildman–Crippen LogP) is 2.72. The van der Waals surface area contributed by atoms with Crippen molar-refractivity contribution < 1.29 is 9.18 Å². The highest BCUT2D eigenvalue weighted by molar-refractivity contribution is 6.07. The smallest absolute Gasteiger partial charge is 0.257 e. The first-order valence-electron chi connectivity index (χ1n) is 6.56. The summed E-state index contributed by atoms with van der Waals surface area (Å²) in [6.07, 6.45) is 0. The Hall–Kier alpha value is -2.40. The first kappa shape index (κ1) is 15.0. The molecule has 2 rings (SSSR count). The second-order valence-electron chi connectivity index (χ2n) is 5.12. The lowest BCUT2D eigenvalue weighted by atomic mass is 10.1. The van der Waals surface area contributed by atoms with Gasteiger partial charge in [-0.2, -0.15) is 0 Å². The van der Waals surface area contributed by atoms with Gasteiger partial charge in [0.15, 0.2) is 0 Å². The molecule has 2 aromatic rings. The number of carbonyl (C=O) groups excluding carboxylic acids is 1. The largest absolute Gasteiger partial charge is 0.398 e. The summed E-state index contributed by atoms with van der Waals surface area (Å²) < 4.78 is 13.0. The summed E-state index contributed by atoms with van der Waals surface area (Å²) in [5.74, 6) is -0.815. The van der Waals surface area contributed by atoms with Crippen LogP contribution in [0.2, 0.25) is 0 Å². The van der Waals surface area contributed by atoms with Gasteiger partial charge < -0.3 is 16.0 Å². The summed E-state index contributed by atoms with van der Waals surface area (Å²) in [6.45, 7) is 0.832. The molecule has 0 unspecified atom stereocenters. The molecule has 0 saturated heterocycles. The van der Waals surface area contributed by atoms with Crippen molar-refractivity contribution in [3.63, 3.8) is 0 Å². The normalized spacial score (nSPS) is 10.7. The van der Waals surface area contributed by atoms with E-state index < -0.39 is 5.82 Å². The van der Waals surface area contributed by atoms with Crippen molar-refractivity contribution in [1.29, 1.82) is 0 Å². The number of nitrogens with two attached hydrogens (primary N) is 1. The fourth-order valence-electron chi connectivity index (χ4n) is 2.00. The molecule has 0 aliphatic heterocycles. The third-order valence-electron chi connectivity index (χ3n) is 2.97. The predicted molar refractivity (Wildman–Crippen MR) is 82.6 cm³/mol. The molecule has 4 nitrogen and oxygen atoms in total. The van der Waals surface area contributed by atoms with Gasteiger partial charge in [-0.05, 0) is 50.0 Å². The molecule has 0 fully saturated rings. The number of nitrogen functional groups attached to an aromatic ring is 1. The topological polar surface area (TPSA) is 58.4 Å². The van der Waals surface area contributed by atoms with Gasteiger partial charge >= 0.3 is 0 Å². The SMILES string of the molecule is CN(C)Cc1ccc(NC(=O)c2ccc(F)cc2N)cc1. The summed E-state index contributed by atoms with van der Waals surface area (Å²) in [5.41, 5.74) is 7.85. The van der Waals surface area contributed by atoms with E-state index in [1.807, 2.05) is 38.4 Å². The quantitative estimate of drug-likeness (QED) is 0.850. The maximum atomic E-state index is 13.0. The van der Waals surface area contributed by atoms with E-state index in [1.54, 1.807) is 0 Å². The molecule has 2 aromatic carbocycles. The number of halogens is 1. The fourth-order valence-corrected chi connectivity index (χ4v) is 2.00. The molecule has 0 bridgehead atoms. The molecule has 110 valence electrons. The molecule has 0 heterocycles. The Bertz CT molecular complexity index is 638. The number of hydrogen-bond acceptors (Lipinski definition) is 3. The molecule has 0 saturated carbocycles. The number of rotatable bonds is 4. The van der Waals surface area contributed by atoms with Gasteiger partial charge in [-0.1, -0.05) is 12.1 Å². The summed E-state index contributed by atoms with van der Waals surface area (Å²) in [6, 6.07) is 11.3. The van der Waals surface area contributed by atoms with Crippen LogP contribution in [0.4, 0.5) is 15.8 Å². The van der Waals surface area contributed by atoms with Crippen LogP contribution in [-0.2, 0) is 6.54 Å². The average Bonchev–Trinajstić information content (AvgIpc) is 2.40. The maximum Gasteiger partial charge on any atom is 0.257 e. The van der Waals surface area contributed by atoms with Gasteiger partial charge in [-0.15, -0.1) is 0 Å². The van der Waals surface area contributed by atoms with E-state index >= 15 is 0 Å². The lowest BCUT2D eigenvalue weighted by Crippen LogP contribution is -2.14. The van der Waals surface area contributed by atoms with Gasteiger partial charge in [0.2, 0.25) is 0 Å². The molecule has 0 radical (unpaired) electrons. The number of hydrogen-bond donors (Lipinski definition) is 2. The van der Waals surface area contributed by atoms with Gasteiger partial charge in [-0.3, -0.25) is 4.79 Å². The van der Waals surface area contributed by atoms with Gasteiger partial charge in [0, 0.05) is 17.9 Å². The fraction of sp³-hybridized carbons (Fsp3) is 0.188. The minimum Gasteiger partial charge on any atom is -0.398 e. The molecule has 0 spiro atoms. The molecule has 5 heteroatoms. The van der Waals surface area contributed by atoms with E-state index in [0.29, 0.717) is 5.69 Å². The minimum absolute atomic E-state index is 0.122. The van der Waals surface area contributed by atoms with Crippen LogP contribution in [0.1, 0.15) is 15.9 Å². The summed E-state index contributed by atoms with van der Waals surface area (Å²) in [4.78, 5) is 14.1. The second kappa shape index (κ2) is 6.37. The van der Waals surface area contributed by atoms with Crippen molar-refractivity contribution >= 4 is 17.3 Å². The summed E-state index contributed by atoms with van der Waals surface area (Å²) in [5, 5.41) is 2.74. The number of nitrogens with one attached hydrogen (secondary N) is 1. The van der Waals surface area contributed by atoms with Crippen LogP contribution in [0.15, 0.2) is 42.5 Å². The zero-order valence-electron chi connectivity index (χ0n) is 12.1. The van der Waals surface area contributed by atoms with Crippen molar-refractivity contribution in [3.05, 3.63) is 59.4 Å². The second-order valence-corrected chi connectivity index (χ2v) is 5.12. The monoisotopic (exact) mass is 287 g/mol. The van der Waals surface area contributed by atoms with Gasteiger partial charge in [0.25, 0.3) is 5.91 Å². The number of benzene rings is 2. The number of carbonyl (C=O) groups is 1. The summed E-state index contributed by atoms with van der Waals surface area (Å²) >= 11 is 0. The molecule has 3 N–H and O–H groups in total. The van der Waals surface area contributed by atoms with Crippen molar-refractivity contribution in [1.82, 2.24) is 4.90 Å². The first-order chi connectivity index (χ1) is 9.95. The maximum absolute atomic E-state index is 13.0. The molecular formula is C16H18FN3O. The Morgan fingerprint density at radius 3 is 2.43 bits per heavy atom. The van der Waals surface area contributed by atoms with E-state index in [-0.39, 0.29) is 17.2 Å². The zero-order chi connectivity index (χ0) is 15.4. The number of anilines is 2. The van der Waals surface area contributed by atoms with E-state index in [9.17, 15) is 9.18 Å². The Morgan fingerprint density at radius 1 is 1.19 bits per heavy atom. The van der Waals surface area contributed by atoms with Gasteiger partial charge in [-0.25, -0.2) is 4.39 Å². The molecule has 0 aliphatic carbocycles. The molecular weight excluding hydrogens is 269 g/mol. The van der Waals surface area contributed by atoms with Crippen molar-refractivity contribution in [2.45, 2.75) is 6.54 Å². The molecule has 0 atom stereocenters. The lowest BCUT2D eigenvalue weighted by molar-refractivity contribution is 0.102. The third-order valence-corrected chi connectivity index (χ3v) is 2.97. The van der Waals surface area contributed by atoms with Crippen LogP contribution < -0.4 is 11.1 Å². The van der Waals surface area contributed by atoms with Crippen molar-refractivity contribution in [2.75, 3.05) is 25.1 Å². The van der Waals surface area contributed by atoms with Gasteiger partial charge in [0.05, 0.1) is 5.56 Å². The Labute approximate surface area is 123 Å². The number of nitrogens with zero attached hydrogens (tertiary/aromatic N) is 1. The minimum atomic E-state index is -0.461. The van der Waals surface area contributed by atoms with Crippen LogP contribution in [0.3, 0.4) is 0 Å². The van der Waals surface area contributed by atoms with Crippen LogP contribution >= 0.6 is 0 Å². The lowest BCUT2D eigenvalue weighted by Gasteiger charge is -2.11. The van der Waals surface area contributed by atoms with E-state index in [4.69, 9.17) is 5.73 Å².